The number of hydrogen-bond acceptors (Lipinski definition) is 5. The molecule has 164 valence electrons. The maximum absolute atomic E-state index is 12.0. The van der Waals surface area contributed by atoms with Crippen LogP contribution >= 0.6 is 23.2 Å². The molecule has 1 aliphatic heterocycles. The fraction of sp³-hybridized carbons (Fsp3) is 0.316. The van der Waals surface area contributed by atoms with Gasteiger partial charge in [0.1, 0.15) is 5.75 Å². The van der Waals surface area contributed by atoms with E-state index < -0.39 is 23.5 Å². The smallest absolute Gasteiger partial charge is 0.387 e. The third kappa shape index (κ3) is 8.53. The molecule has 1 aliphatic rings. The first-order chi connectivity index (χ1) is 14.4. The third-order valence-corrected chi connectivity index (χ3v) is 5.63. The van der Waals surface area contributed by atoms with Gasteiger partial charge in [-0.15, -0.1) is 0 Å². The highest BCUT2D eigenvalue weighted by molar-refractivity contribution is 7.83. The minimum Gasteiger partial charge on any atom is -0.435 e. The molecule has 2 N–H and O–H groups in total. The standard InChI is InChI=1S/C13H16F2N2O4S.C6H4Cl2/c14-13(15)21-10-1-3-11(4-2-10)22(19)17-12(18)9-7-16-5-6-20-8-9;7-5-3-1-2-4-6(5)8/h1-4,9,13,16H,5-8H2,(H,17,18);1-4H. The molecule has 2 atom stereocenters. The van der Waals surface area contributed by atoms with Crippen molar-refractivity contribution in [1.82, 2.24) is 10.0 Å². The molecule has 0 bridgehead atoms. The van der Waals surface area contributed by atoms with Gasteiger partial charge in [-0.25, -0.2) is 4.21 Å². The Balaban J connectivity index is 0.000000335. The number of benzene rings is 2. The molecule has 0 aliphatic carbocycles. The van der Waals surface area contributed by atoms with Gasteiger partial charge in [0.05, 0.1) is 34.1 Å². The molecule has 30 heavy (non-hydrogen) atoms. The van der Waals surface area contributed by atoms with E-state index in [1.165, 1.54) is 24.3 Å². The van der Waals surface area contributed by atoms with Gasteiger partial charge in [0.15, 0.2) is 11.0 Å². The molecule has 1 heterocycles. The van der Waals surface area contributed by atoms with Crippen LogP contribution in [0.15, 0.2) is 53.4 Å². The van der Waals surface area contributed by atoms with Crippen molar-refractivity contribution in [3.05, 3.63) is 58.6 Å². The fourth-order valence-electron chi connectivity index (χ4n) is 2.29. The first-order valence-corrected chi connectivity index (χ1v) is 10.7. The lowest BCUT2D eigenvalue weighted by Gasteiger charge is -2.13. The highest BCUT2D eigenvalue weighted by Crippen LogP contribution is 2.19. The summed E-state index contributed by atoms with van der Waals surface area (Å²) in [6.07, 6.45) is 0. The average Bonchev–Trinajstić information content (AvgIpc) is 3.00. The van der Waals surface area contributed by atoms with E-state index in [1.54, 1.807) is 12.1 Å². The SMILES string of the molecule is Clc1ccccc1Cl.O=C(NS(=O)c1ccc(OC(F)F)cc1)C1CNCCOC1. The van der Waals surface area contributed by atoms with E-state index in [-0.39, 0.29) is 23.2 Å². The summed E-state index contributed by atoms with van der Waals surface area (Å²) in [5, 5.41) is 4.26. The van der Waals surface area contributed by atoms with E-state index in [2.05, 4.69) is 14.8 Å². The lowest BCUT2D eigenvalue weighted by molar-refractivity contribution is -0.124. The molecule has 3 rings (SSSR count). The van der Waals surface area contributed by atoms with Gasteiger partial charge in [0.25, 0.3) is 0 Å². The first kappa shape index (κ1) is 24.5. The van der Waals surface area contributed by atoms with Crippen molar-refractivity contribution < 1.29 is 27.3 Å². The summed E-state index contributed by atoms with van der Waals surface area (Å²) in [5.41, 5.74) is 0. The molecule has 1 saturated heterocycles. The summed E-state index contributed by atoms with van der Waals surface area (Å²) in [4.78, 5) is 12.3. The molecular formula is C19H20Cl2F2N2O4S. The van der Waals surface area contributed by atoms with Gasteiger partial charge in [-0.05, 0) is 36.4 Å². The van der Waals surface area contributed by atoms with Crippen molar-refractivity contribution in [2.75, 3.05) is 26.3 Å². The van der Waals surface area contributed by atoms with E-state index in [0.717, 1.165) is 0 Å². The minimum absolute atomic E-state index is 0.0385. The molecule has 2 aromatic carbocycles. The highest BCUT2D eigenvalue weighted by atomic mass is 35.5. The third-order valence-electron chi connectivity index (χ3n) is 3.78. The summed E-state index contributed by atoms with van der Waals surface area (Å²) in [6.45, 7) is -1.02. The van der Waals surface area contributed by atoms with Gasteiger partial charge in [-0.2, -0.15) is 8.78 Å². The molecule has 2 aromatic rings. The number of alkyl halides is 2. The molecule has 11 heteroatoms. The van der Waals surface area contributed by atoms with E-state index in [0.29, 0.717) is 29.7 Å². The Morgan fingerprint density at radius 3 is 2.37 bits per heavy atom. The quantitative estimate of drug-likeness (QED) is 0.682. The van der Waals surface area contributed by atoms with Gasteiger partial charge in [0.2, 0.25) is 5.91 Å². The zero-order valence-corrected chi connectivity index (χ0v) is 18.0. The van der Waals surface area contributed by atoms with Crippen molar-refractivity contribution >= 4 is 40.1 Å². The normalized spacial score (nSPS) is 17.3. The Morgan fingerprint density at radius 1 is 1.17 bits per heavy atom. The van der Waals surface area contributed by atoms with Gasteiger partial charge in [0, 0.05) is 13.1 Å². The van der Waals surface area contributed by atoms with Crippen LogP contribution in [0.4, 0.5) is 8.78 Å². The van der Waals surface area contributed by atoms with Gasteiger partial charge >= 0.3 is 6.61 Å². The molecular weight excluding hydrogens is 461 g/mol. The van der Waals surface area contributed by atoms with Crippen LogP contribution in [0.1, 0.15) is 0 Å². The fourth-order valence-corrected chi connectivity index (χ4v) is 3.41. The van der Waals surface area contributed by atoms with Gasteiger partial charge < -0.3 is 14.8 Å². The van der Waals surface area contributed by atoms with Crippen LogP contribution in [0.5, 0.6) is 5.75 Å². The maximum Gasteiger partial charge on any atom is 0.387 e. The Hall–Kier alpha value is -1.78. The van der Waals surface area contributed by atoms with Crippen molar-refractivity contribution in [3.63, 3.8) is 0 Å². The number of carbonyl (C=O) groups is 1. The predicted octanol–water partition coefficient (Wildman–Crippen LogP) is 3.66. The number of halogens is 4. The van der Waals surface area contributed by atoms with Crippen molar-refractivity contribution in [2.45, 2.75) is 11.5 Å². The van der Waals surface area contributed by atoms with Crippen molar-refractivity contribution in [3.8, 4) is 5.75 Å². The monoisotopic (exact) mass is 480 g/mol. The van der Waals surface area contributed by atoms with Gasteiger partial charge in [-0.3, -0.25) is 9.52 Å². The second-order valence-electron chi connectivity index (χ2n) is 5.98. The van der Waals surface area contributed by atoms with E-state index >= 15 is 0 Å². The summed E-state index contributed by atoms with van der Waals surface area (Å²) >= 11 is 11.2. The van der Waals surface area contributed by atoms with E-state index in [4.69, 9.17) is 27.9 Å². The number of rotatable bonds is 5. The Labute approximate surface area is 185 Å². The number of nitrogens with one attached hydrogen (secondary N) is 2. The average molecular weight is 481 g/mol. The second kappa shape index (κ2) is 12.8. The lowest BCUT2D eigenvalue weighted by atomic mass is 10.1. The number of hydrogen-bond donors (Lipinski definition) is 2. The number of ether oxygens (including phenoxy) is 2. The summed E-state index contributed by atoms with van der Waals surface area (Å²) < 4.78 is 47.9. The number of carbonyl (C=O) groups excluding carboxylic acids is 1. The van der Waals surface area contributed by atoms with Crippen LogP contribution < -0.4 is 14.8 Å². The second-order valence-corrected chi connectivity index (χ2v) is 8.00. The first-order valence-electron chi connectivity index (χ1n) is 8.82. The Morgan fingerprint density at radius 2 is 1.80 bits per heavy atom. The molecule has 0 aromatic heterocycles. The van der Waals surface area contributed by atoms with E-state index in [9.17, 15) is 17.8 Å². The Bertz CT molecular complexity index is 815. The minimum atomic E-state index is -2.92. The predicted molar refractivity (Wildman–Crippen MR) is 111 cm³/mol. The summed E-state index contributed by atoms with van der Waals surface area (Å²) in [5.74, 6) is -0.850. The van der Waals surface area contributed by atoms with E-state index in [1.807, 2.05) is 12.1 Å². The molecule has 1 fully saturated rings. The topological polar surface area (TPSA) is 76.7 Å². The lowest BCUT2D eigenvalue weighted by Crippen LogP contribution is -2.38. The van der Waals surface area contributed by atoms with Crippen LogP contribution in [0, 0.1) is 5.92 Å². The van der Waals surface area contributed by atoms with Crippen LogP contribution in [0.25, 0.3) is 0 Å². The van der Waals surface area contributed by atoms with Crippen molar-refractivity contribution in [1.29, 1.82) is 0 Å². The molecule has 0 radical (unpaired) electrons. The molecule has 2 unspecified atom stereocenters. The van der Waals surface area contributed by atoms with Crippen LogP contribution in [0.2, 0.25) is 10.0 Å². The largest absolute Gasteiger partial charge is 0.435 e. The summed E-state index contributed by atoms with van der Waals surface area (Å²) in [6, 6.07) is 12.4. The molecule has 0 saturated carbocycles. The molecule has 0 spiro atoms. The van der Waals surface area contributed by atoms with Crippen LogP contribution in [-0.4, -0.2) is 43.0 Å². The zero-order chi connectivity index (χ0) is 21.9. The van der Waals surface area contributed by atoms with Gasteiger partial charge in [-0.1, -0.05) is 35.3 Å². The number of amides is 1. The zero-order valence-electron chi connectivity index (χ0n) is 15.7. The van der Waals surface area contributed by atoms with Crippen LogP contribution in [0.3, 0.4) is 0 Å². The Kier molecular flexibility index (Phi) is 10.5. The molecule has 1 amide bonds. The van der Waals surface area contributed by atoms with Crippen molar-refractivity contribution in [2.24, 2.45) is 5.92 Å². The molecule has 6 nitrogen and oxygen atoms in total. The van der Waals surface area contributed by atoms with Crippen LogP contribution in [-0.2, 0) is 20.5 Å². The maximum atomic E-state index is 12.0. The highest BCUT2D eigenvalue weighted by Gasteiger charge is 2.22. The summed E-state index contributed by atoms with van der Waals surface area (Å²) in [7, 11) is -1.77.